The second-order valence-corrected chi connectivity index (χ2v) is 6.82. The average Bonchev–Trinajstić information content (AvgIpc) is 2.72. The molecule has 0 aliphatic rings. The van der Waals surface area contributed by atoms with E-state index in [0.29, 0.717) is 16.5 Å². The van der Waals surface area contributed by atoms with Crippen LogP contribution in [0.4, 0.5) is 0 Å². The van der Waals surface area contributed by atoms with Crippen molar-refractivity contribution < 1.29 is 9.53 Å². The van der Waals surface area contributed by atoms with Crippen LogP contribution in [-0.2, 0) is 11.3 Å². The normalized spacial score (nSPS) is 10.8. The molecule has 0 spiro atoms. The molecular formula is C22H14Cl2N2O2. The van der Waals surface area contributed by atoms with Gasteiger partial charge in [-0.25, -0.2) is 14.8 Å². The Labute approximate surface area is 171 Å². The van der Waals surface area contributed by atoms with Crippen molar-refractivity contribution in [3.63, 3.8) is 0 Å². The SMILES string of the molecule is O=C(OCc1ccccc1)c1ccc(-c2cccc3nc(Cl)nc(Cl)c23)cc1. The number of nitrogens with zero attached hydrogens (tertiary/aromatic N) is 2. The summed E-state index contributed by atoms with van der Waals surface area (Å²) in [6, 6.07) is 22.3. The van der Waals surface area contributed by atoms with Gasteiger partial charge < -0.3 is 4.74 Å². The van der Waals surface area contributed by atoms with Crippen LogP contribution < -0.4 is 0 Å². The molecule has 6 heteroatoms. The molecule has 0 amide bonds. The van der Waals surface area contributed by atoms with Gasteiger partial charge in [0.05, 0.1) is 11.1 Å². The minimum absolute atomic E-state index is 0.103. The lowest BCUT2D eigenvalue weighted by atomic mass is 10.0. The summed E-state index contributed by atoms with van der Waals surface area (Å²) in [5.41, 5.74) is 3.83. The summed E-state index contributed by atoms with van der Waals surface area (Å²) < 4.78 is 5.37. The molecule has 0 saturated carbocycles. The smallest absolute Gasteiger partial charge is 0.338 e. The average molecular weight is 409 g/mol. The van der Waals surface area contributed by atoms with Gasteiger partial charge in [0.25, 0.3) is 0 Å². The lowest BCUT2D eigenvalue weighted by molar-refractivity contribution is 0.0473. The van der Waals surface area contributed by atoms with Gasteiger partial charge in [0, 0.05) is 5.39 Å². The van der Waals surface area contributed by atoms with Gasteiger partial charge in [-0.1, -0.05) is 66.2 Å². The van der Waals surface area contributed by atoms with E-state index in [0.717, 1.165) is 16.7 Å². The first-order valence-electron chi connectivity index (χ1n) is 8.55. The first-order valence-corrected chi connectivity index (χ1v) is 9.30. The predicted molar refractivity (Wildman–Crippen MR) is 111 cm³/mol. The van der Waals surface area contributed by atoms with E-state index in [1.165, 1.54) is 0 Å². The van der Waals surface area contributed by atoms with Crippen molar-refractivity contribution in [3.8, 4) is 11.1 Å². The summed E-state index contributed by atoms with van der Waals surface area (Å²) in [5, 5.41) is 1.11. The monoisotopic (exact) mass is 408 g/mol. The number of ether oxygens (including phenoxy) is 1. The van der Waals surface area contributed by atoms with Crippen LogP contribution in [-0.4, -0.2) is 15.9 Å². The van der Waals surface area contributed by atoms with Gasteiger partial charge in [-0.2, -0.15) is 0 Å². The molecule has 138 valence electrons. The Balaban J connectivity index is 1.58. The third-order valence-electron chi connectivity index (χ3n) is 4.30. The molecule has 3 aromatic carbocycles. The molecule has 4 nitrogen and oxygen atoms in total. The molecule has 0 atom stereocenters. The summed E-state index contributed by atoms with van der Waals surface area (Å²) in [6.45, 7) is 0.235. The second-order valence-electron chi connectivity index (χ2n) is 6.12. The zero-order valence-electron chi connectivity index (χ0n) is 14.6. The summed E-state index contributed by atoms with van der Waals surface area (Å²) in [7, 11) is 0. The molecule has 28 heavy (non-hydrogen) atoms. The van der Waals surface area contributed by atoms with Crippen molar-refractivity contribution in [3.05, 3.63) is 94.4 Å². The minimum atomic E-state index is -0.374. The van der Waals surface area contributed by atoms with Gasteiger partial charge in [0.15, 0.2) is 0 Å². The summed E-state index contributed by atoms with van der Waals surface area (Å²) in [4.78, 5) is 20.5. The Hall–Kier alpha value is -2.95. The number of esters is 1. The van der Waals surface area contributed by atoms with Gasteiger partial charge in [-0.05, 0) is 46.5 Å². The maximum Gasteiger partial charge on any atom is 0.338 e. The fourth-order valence-corrected chi connectivity index (χ4v) is 3.44. The first kappa shape index (κ1) is 18.4. The van der Waals surface area contributed by atoms with Crippen LogP contribution >= 0.6 is 23.2 Å². The van der Waals surface area contributed by atoms with E-state index in [4.69, 9.17) is 27.9 Å². The number of hydrogen-bond donors (Lipinski definition) is 0. The zero-order valence-corrected chi connectivity index (χ0v) is 16.1. The topological polar surface area (TPSA) is 52.1 Å². The van der Waals surface area contributed by atoms with Crippen LogP contribution in [0.15, 0.2) is 72.8 Å². The first-order chi connectivity index (χ1) is 13.6. The molecule has 0 radical (unpaired) electrons. The van der Waals surface area contributed by atoms with Crippen LogP contribution in [0.2, 0.25) is 10.4 Å². The standard InChI is InChI=1S/C22H14Cl2N2O2/c23-20-19-17(7-4-8-18(19)25-22(24)26-20)15-9-11-16(12-10-15)21(27)28-13-14-5-2-1-3-6-14/h1-12H,13H2. The van der Waals surface area contributed by atoms with E-state index in [1.54, 1.807) is 12.1 Å². The third kappa shape index (κ3) is 3.84. The van der Waals surface area contributed by atoms with Gasteiger partial charge in [0.2, 0.25) is 5.28 Å². The number of hydrogen-bond acceptors (Lipinski definition) is 4. The molecule has 0 unspecified atom stereocenters. The van der Waals surface area contributed by atoms with Crippen LogP contribution in [0.1, 0.15) is 15.9 Å². The molecule has 4 rings (SSSR count). The largest absolute Gasteiger partial charge is 0.457 e. The lowest BCUT2D eigenvalue weighted by Crippen LogP contribution is -2.05. The Kier molecular flexibility index (Phi) is 5.24. The highest BCUT2D eigenvalue weighted by Gasteiger charge is 2.12. The van der Waals surface area contributed by atoms with Crippen molar-refractivity contribution >= 4 is 40.1 Å². The van der Waals surface area contributed by atoms with Crippen LogP contribution in [0.25, 0.3) is 22.0 Å². The van der Waals surface area contributed by atoms with E-state index >= 15 is 0 Å². The van der Waals surface area contributed by atoms with E-state index < -0.39 is 0 Å². The number of halogens is 2. The number of rotatable bonds is 4. The predicted octanol–water partition coefficient (Wildman–Crippen LogP) is 5.96. The highest BCUT2D eigenvalue weighted by Crippen LogP contribution is 2.32. The van der Waals surface area contributed by atoms with Crippen molar-refractivity contribution in [1.82, 2.24) is 9.97 Å². The van der Waals surface area contributed by atoms with E-state index in [9.17, 15) is 4.79 Å². The lowest BCUT2D eigenvalue weighted by Gasteiger charge is -2.09. The van der Waals surface area contributed by atoms with Crippen LogP contribution in [0.3, 0.4) is 0 Å². The van der Waals surface area contributed by atoms with Gasteiger partial charge in [-0.15, -0.1) is 0 Å². The zero-order chi connectivity index (χ0) is 19.5. The maximum atomic E-state index is 12.3. The number of aromatic nitrogens is 2. The van der Waals surface area contributed by atoms with Crippen molar-refractivity contribution in [2.75, 3.05) is 0 Å². The Bertz CT molecular complexity index is 1150. The van der Waals surface area contributed by atoms with Crippen molar-refractivity contribution in [1.29, 1.82) is 0 Å². The fraction of sp³-hybridized carbons (Fsp3) is 0.0455. The van der Waals surface area contributed by atoms with Gasteiger partial charge >= 0.3 is 5.97 Å². The number of benzene rings is 3. The maximum absolute atomic E-state index is 12.3. The van der Waals surface area contributed by atoms with Crippen LogP contribution in [0, 0.1) is 0 Å². The molecule has 1 heterocycles. The Morgan fingerprint density at radius 2 is 1.61 bits per heavy atom. The van der Waals surface area contributed by atoms with Gasteiger partial charge in [-0.3, -0.25) is 0 Å². The van der Waals surface area contributed by atoms with E-state index in [-0.39, 0.29) is 23.0 Å². The number of carbonyl (C=O) groups excluding carboxylic acids is 1. The summed E-state index contributed by atoms with van der Waals surface area (Å²) in [5.74, 6) is -0.374. The van der Waals surface area contributed by atoms with E-state index in [2.05, 4.69) is 9.97 Å². The highest BCUT2D eigenvalue weighted by atomic mass is 35.5. The number of fused-ring (bicyclic) bond motifs is 1. The molecule has 0 aliphatic heterocycles. The number of carbonyl (C=O) groups is 1. The Morgan fingerprint density at radius 3 is 2.36 bits per heavy atom. The molecule has 0 N–H and O–H groups in total. The van der Waals surface area contributed by atoms with Crippen LogP contribution in [0.5, 0.6) is 0 Å². The quantitative estimate of drug-likeness (QED) is 0.237. The fourth-order valence-electron chi connectivity index (χ4n) is 2.94. The molecule has 0 aliphatic carbocycles. The van der Waals surface area contributed by atoms with Crippen molar-refractivity contribution in [2.24, 2.45) is 0 Å². The third-order valence-corrected chi connectivity index (χ3v) is 4.74. The molecule has 0 saturated heterocycles. The second kappa shape index (κ2) is 7.97. The molecule has 0 fully saturated rings. The van der Waals surface area contributed by atoms with Crippen molar-refractivity contribution in [2.45, 2.75) is 6.61 Å². The molecular weight excluding hydrogens is 395 g/mol. The molecule has 0 bridgehead atoms. The van der Waals surface area contributed by atoms with Gasteiger partial charge in [0.1, 0.15) is 11.8 Å². The summed E-state index contributed by atoms with van der Waals surface area (Å²) in [6.07, 6.45) is 0. The molecule has 4 aromatic rings. The van der Waals surface area contributed by atoms with E-state index in [1.807, 2.05) is 60.7 Å². The molecule has 1 aromatic heterocycles. The highest BCUT2D eigenvalue weighted by molar-refractivity contribution is 6.36. The minimum Gasteiger partial charge on any atom is -0.457 e. The Morgan fingerprint density at radius 1 is 0.857 bits per heavy atom. The summed E-state index contributed by atoms with van der Waals surface area (Å²) >= 11 is 12.2.